The number of nitrogens with one attached hydrogen (secondary N) is 4. The summed E-state index contributed by atoms with van der Waals surface area (Å²) in [6.07, 6.45) is 3.26. The molecule has 0 saturated heterocycles. The number of amides is 2. The zero-order chi connectivity index (χ0) is 23.4. The molecule has 2 aromatic rings. The van der Waals surface area contributed by atoms with Gasteiger partial charge in [-0.15, -0.1) is 23.2 Å². The molecular weight excluding hydrogens is 591 g/mol. The number of halogens is 4. The third-order valence-electron chi connectivity index (χ3n) is 5.65. The van der Waals surface area contributed by atoms with E-state index in [4.69, 9.17) is 23.2 Å². The van der Waals surface area contributed by atoms with Gasteiger partial charge in [0.2, 0.25) is 0 Å². The minimum Gasteiger partial charge on any atom is -0.356 e. The van der Waals surface area contributed by atoms with Gasteiger partial charge in [0.15, 0.2) is 11.6 Å². The normalized spacial score (nSPS) is 22.1. The molecule has 4 atom stereocenters. The van der Waals surface area contributed by atoms with Gasteiger partial charge in [0.1, 0.15) is 11.4 Å². The van der Waals surface area contributed by atoms with Crippen LogP contribution >= 0.6 is 55.1 Å². The number of carbonyl (C=O) groups excluding carboxylic acids is 4. The van der Waals surface area contributed by atoms with Crippen molar-refractivity contribution in [2.45, 2.75) is 0 Å². The Morgan fingerprint density at radius 2 is 1.16 bits per heavy atom. The van der Waals surface area contributed by atoms with E-state index in [0.717, 1.165) is 8.95 Å². The molecule has 172 valence electrons. The third-order valence-corrected chi connectivity index (χ3v) is 7.09. The number of Topliss-reactive ketones (excluding diaryl/α,β-unsaturated/α-hetero) is 2. The summed E-state index contributed by atoms with van der Waals surface area (Å²) in [5.74, 6) is -3.86. The molecule has 0 spiro atoms. The zero-order valence-electron chi connectivity index (χ0n) is 16.6. The van der Waals surface area contributed by atoms with Gasteiger partial charge in [-0.1, -0.05) is 0 Å². The maximum absolute atomic E-state index is 12.5. The lowest BCUT2D eigenvalue weighted by atomic mass is 9.54. The summed E-state index contributed by atoms with van der Waals surface area (Å²) in [6.45, 7) is 0.285. The van der Waals surface area contributed by atoms with Crippen molar-refractivity contribution in [1.29, 1.82) is 0 Å². The number of hydrogen-bond donors (Lipinski definition) is 4. The Balaban J connectivity index is 1.73. The maximum Gasteiger partial charge on any atom is 0.267 e. The Morgan fingerprint density at radius 1 is 0.781 bits per heavy atom. The van der Waals surface area contributed by atoms with Gasteiger partial charge in [0.05, 0.1) is 11.8 Å². The van der Waals surface area contributed by atoms with E-state index < -0.39 is 11.8 Å². The molecule has 0 aliphatic heterocycles. The number of ketones is 2. The van der Waals surface area contributed by atoms with Crippen LogP contribution in [-0.4, -0.2) is 58.2 Å². The number of aromatic amines is 2. The average molecular weight is 611 g/mol. The molecular formula is C20H20Br2Cl2N4O4. The van der Waals surface area contributed by atoms with Gasteiger partial charge in [-0.25, -0.2) is 0 Å². The molecule has 3 rings (SSSR count). The minimum absolute atomic E-state index is 0.142. The largest absolute Gasteiger partial charge is 0.356 e. The molecule has 0 aromatic carbocycles. The maximum atomic E-state index is 12.5. The van der Waals surface area contributed by atoms with Crippen LogP contribution in [0.1, 0.15) is 21.0 Å². The number of hydrogen-bond acceptors (Lipinski definition) is 4. The molecule has 8 nitrogen and oxygen atoms in total. The van der Waals surface area contributed by atoms with Gasteiger partial charge < -0.3 is 20.6 Å². The van der Waals surface area contributed by atoms with Crippen molar-refractivity contribution in [3.05, 3.63) is 44.9 Å². The van der Waals surface area contributed by atoms with Crippen molar-refractivity contribution < 1.29 is 19.2 Å². The van der Waals surface area contributed by atoms with E-state index in [1.807, 2.05) is 0 Å². The molecule has 1 aliphatic carbocycles. The van der Waals surface area contributed by atoms with E-state index in [1.54, 1.807) is 24.5 Å². The lowest BCUT2D eigenvalue weighted by Crippen LogP contribution is -2.61. The van der Waals surface area contributed by atoms with Crippen LogP contribution in [-0.2, 0) is 9.59 Å². The van der Waals surface area contributed by atoms with Crippen molar-refractivity contribution in [3.8, 4) is 0 Å². The highest BCUT2D eigenvalue weighted by Crippen LogP contribution is 2.47. The second-order valence-electron chi connectivity index (χ2n) is 7.46. The second kappa shape index (κ2) is 11.0. The first kappa shape index (κ1) is 25.0. The first-order valence-electron chi connectivity index (χ1n) is 9.68. The molecule has 1 fully saturated rings. The first-order chi connectivity index (χ1) is 15.3. The predicted octanol–water partition coefficient (Wildman–Crippen LogP) is 3.12. The van der Waals surface area contributed by atoms with Crippen LogP contribution in [0.2, 0.25) is 0 Å². The summed E-state index contributed by atoms with van der Waals surface area (Å²) < 4.78 is 1.46. The highest BCUT2D eigenvalue weighted by atomic mass is 79.9. The van der Waals surface area contributed by atoms with Crippen LogP contribution in [0.25, 0.3) is 0 Å². The molecule has 1 saturated carbocycles. The standard InChI is InChI=1S/C20H20Br2Cl2N4O4/c21-9-1-13(25-5-9)19(31)27-7-11-12(8-28-20(32)14-2-10(22)6-26-14)18(16(30)4-24)17(11)15(29)3-23/h1-2,5-6,11-12,17-18,25-26H,3-4,7-8H2,(H,27,31)(H,28,32)/t11-,12-,17-,18-/m1/s1. The number of alkyl halides is 2. The predicted molar refractivity (Wildman–Crippen MR) is 127 cm³/mol. The van der Waals surface area contributed by atoms with Gasteiger partial charge >= 0.3 is 0 Å². The molecule has 2 heterocycles. The molecule has 4 N–H and O–H groups in total. The summed E-state index contributed by atoms with van der Waals surface area (Å²) in [6, 6.07) is 3.26. The van der Waals surface area contributed by atoms with Gasteiger partial charge in [-0.05, 0) is 55.8 Å². The van der Waals surface area contributed by atoms with Gasteiger partial charge in [0, 0.05) is 46.3 Å². The molecule has 1 aliphatic rings. The summed E-state index contributed by atoms with van der Waals surface area (Å²) in [7, 11) is 0. The van der Waals surface area contributed by atoms with Crippen LogP contribution in [0.15, 0.2) is 33.5 Å². The molecule has 12 heteroatoms. The van der Waals surface area contributed by atoms with E-state index in [2.05, 4.69) is 52.5 Å². The SMILES string of the molecule is O=C(NC[C@@H]1[C@@H](CNC(=O)c2cc(Br)c[nH]2)[C@H](C(=O)CCl)[C@H]1C(=O)CCl)c1cc(Br)c[nH]1. The minimum atomic E-state index is -0.670. The highest BCUT2D eigenvalue weighted by molar-refractivity contribution is 9.10. The van der Waals surface area contributed by atoms with Crippen molar-refractivity contribution in [3.63, 3.8) is 0 Å². The van der Waals surface area contributed by atoms with Crippen LogP contribution in [0.3, 0.4) is 0 Å². The highest BCUT2D eigenvalue weighted by Gasteiger charge is 2.55. The summed E-state index contributed by atoms with van der Waals surface area (Å²) in [5.41, 5.74) is 0.707. The molecule has 0 radical (unpaired) electrons. The summed E-state index contributed by atoms with van der Waals surface area (Å²) >= 11 is 18.1. The fraction of sp³-hybridized carbons (Fsp3) is 0.400. The average Bonchev–Trinajstić information content (AvgIpc) is 3.40. The van der Waals surface area contributed by atoms with E-state index in [9.17, 15) is 19.2 Å². The van der Waals surface area contributed by atoms with Crippen molar-refractivity contribution in [2.75, 3.05) is 24.8 Å². The number of rotatable bonds is 10. The zero-order valence-corrected chi connectivity index (χ0v) is 21.3. The fourth-order valence-corrected chi connectivity index (χ4v) is 5.19. The Morgan fingerprint density at radius 3 is 1.44 bits per heavy atom. The molecule has 0 bridgehead atoms. The smallest absolute Gasteiger partial charge is 0.267 e. The van der Waals surface area contributed by atoms with E-state index >= 15 is 0 Å². The number of aromatic nitrogens is 2. The van der Waals surface area contributed by atoms with Crippen LogP contribution in [0, 0.1) is 23.7 Å². The van der Waals surface area contributed by atoms with Gasteiger partial charge in [-0.3, -0.25) is 19.2 Å². The lowest BCUT2D eigenvalue weighted by Gasteiger charge is -2.50. The van der Waals surface area contributed by atoms with Crippen LogP contribution in [0.4, 0.5) is 0 Å². The van der Waals surface area contributed by atoms with E-state index in [-0.39, 0.29) is 60.1 Å². The molecule has 2 aromatic heterocycles. The van der Waals surface area contributed by atoms with Crippen LogP contribution in [0.5, 0.6) is 0 Å². The van der Waals surface area contributed by atoms with Crippen molar-refractivity contribution in [1.82, 2.24) is 20.6 Å². The molecule has 2 amide bonds. The lowest BCUT2D eigenvalue weighted by molar-refractivity contribution is -0.147. The quantitative estimate of drug-likeness (QED) is 0.309. The number of H-pyrrole nitrogens is 2. The van der Waals surface area contributed by atoms with Crippen LogP contribution < -0.4 is 10.6 Å². The molecule has 0 unspecified atom stereocenters. The molecule has 32 heavy (non-hydrogen) atoms. The second-order valence-corrected chi connectivity index (χ2v) is 9.83. The number of carbonyl (C=O) groups is 4. The van der Waals surface area contributed by atoms with E-state index in [1.165, 1.54) is 0 Å². The Bertz CT molecular complexity index is 945. The Kier molecular flexibility index (Phi) is 8.60. The summed E-state index contributed by atoms with van der Waals surface area (Å²) in [5, 5.41) is 5.60. The summed E-state index contributed by atoms with van der Waals surface area (Å²) in [4.78, 5) is 55.6. The Hall–Kier alpha value is -1.62. The fourth-order valence-electron chi connectivity index (χ4n) is 4.14. The monoisotopic (exact) mass is 608 g/mol. The first-order valence-corrected chi connectivity index (χ1v) is 12.3. The van der Waals surface area contributed by atoms with Crippen molar-refractivity contribution >= 4 is 78.4 Å². The van der Waals surface area contributed by atoms with E-state index in [0.29, 0.717) is 11.4 Å². The third kappa shape index (κ3) is 5.47. The van der Waals surface area contributed by atoms with Crippen molar-refractivity contribution in [2.24, 2.45) is 23.7 Å². The van der Waals surface area contributed by atoms with Gasteiger partial charge in [0.25, 0.3) is 11.8 Å². The Labute approximate surface area is 210 Å². The van der Waals surface area contributed by atoms with Gasteiger partial charge in [-0.2, -0.15) is 0 Å². The topological polar surface area (TPSA) is 124 Å².